The zero-order valence-corrected chi connectivity index (χ0v) is 10.8. The molecule has 0 aliphatic carbocycles. The van der Waals surface area contributed by atoms with Crippen molar-refractivity contribution in [1.29, 1.82) is 0 Å². The van der Waals surface area contributed by atoms with Gasteiger partial charge in [-0.2, -0.15) is 13.2 Å². The van der Waals surface area contributed by atoms with Crippen molar-refractivity contribution in [1.82, 2.24) is 4.90 Å². The van der Waals surface area contributed by atoms with Gasteiger partial charge in [0.25, 0.3) is 0 Å². The Balaban J connectivity index is 2.70. The molecule has 0 aliphatic rings. The van der Waals surface area contributed by atoms with Crippen LogP contribution in [0.4, 0.5) is 13.2 Å². The molecule has 0 fully saturated rings. The van der Waals surface area contributed by atoms with Gasteiger partial charge in [0.15, 0.2) is 0 Å². The Bertz CT molecular complexity index is 381. The van der Waals surface area contributed by atoms with E-state index in [9.17, 15) is 18.3 Å². The Morgan fingerprint density at radius 3 is 2.47 bits per heavy atom. The molecule has 0 radical (unpaired) electrons. The van der Waals surface area contributed by atoms with E-state index in [2.05, 4.69) is 15.9 Å². The van der Waals surface area contributed by atoms with Crippen LogP contribution in [0.15, 0.2) is 22.7 Å². The predicted octanol–water partition coefficient (Wildman–Crippen LogP) is 3.54. The van der Waals surface area contributed by atoms with E-state index in [-0.39, 0.29) is 12.3 Å². The highest BCUT2D eigenvalue weighted by Gasteiger charge is 2.29. The molecular formula is C11H13BrF3NO. The lowest BCUT2D eigenvalue weighted by molar-refractivity contribution is -0.146. The van der Waals surface area contributed by atoms with Gasteiger partial charge in [-0.1, -0.05) is 13.0 Å². The maximum Gasteiger partial charge on any atom is 0.401 e. The fraction of sp³-hybridized carbons (Fsp3) is 0.455. The summed E-state index contributed by atoms with van der Waals surface area (Å²) in [5.74, 6) is 0.0765. The quantitative estimate of drug-likeness (QED) is 0.919. The third-order valence-electron chi connectivity index (χ3n) is 2.27. The average molecular weight is 312 g/mol. The van der Waals surface area contributed by atoms with Crippen LogP contribution in [0.2, 0.25) is 0 Å². The van der Waals surface area contributed by atoms with Crippen LogP contribution >= 0.6 is 15.9 Å². The molecular weight excluding hydrogens is 299 g/mol. The molecule has 1 rings (SSSR count). The summed E-state index contributed by atoms with van der Waals surface area (Å²) >= 11 is 3.13. The Morgan fingerprint density at radius 2 is 2.00 bits per heavy atom. The third-order valence-corrected chi connectivity index (χ3v) is 2.90. The van der Waals surface area contributed by atoms with Gasteiger partial charge < -0.3 is 5.11 Å². The smallest absolute Gasteiger partial charge is 0.401 e. The molecule has 6 heteroatoms. The maximum absolute atomic E-state index is 12.2. The van der Waals surface area contributed by atoms with Gasteiger partial charge in [-0.3, -0.25) is 4.90 Å². The molecule has 0 unspecified atom stereocenters. The maximum atomic E-state index is 12.2. The summed E-state index contributed by atoms with van der Waals surface area (Å²) in [4.78, 5) is 1.29. The first-order valence-corrected chi connectivity index (χ1v) is 5.87. The van der Waals surface area contributed by atoms with E-state index in [0.29, 0.717) is 11.0 Å². The van der Waals surface area contributed by atoms with Crippen molar-refractivity contribution in [3.63, 3.8) is 0 Å². The van der Waals surface area contributed by atoms with Crippen LogP contribution < -0.4 is 0 Å². The first-order valence-electron chi connectivity index (χ1n) is 5.08. The lowest BCUT2D eigenvalue weighted by atomic mass is 10.2. The van der Waals surface area contributed by atoms with Gasteiger partial charge >= 0.3 is 6.18 Å². The minimum absolute atomic E-state index is 0.0765. The molecule has 1 N–H and O–H groups in total. The van der Waals surface area contributed by atoms with E-state index in [4.69, 9.17) is 0 Å². The Hall–Kier alpha value is -0.750. The molecule has 0 heterocycles. The van der Waals surface area contributed by atoms with Crippen LogP contribution in [0.1, 0.15) is 12.5 Å². The van der Waals surface area contributed by atoms with Gasteiger partial charge in [0.1, 0.15) is 5.75 Å². The minimum Gasteiger partial charge on any atom is -0.507 e. The number of hydrogen-bond acceptors (Lipinski definition) is 2. The van der Waals surface area contributed by atoms with Crippen LogP contribution in [0.5, 0.6) is 5.75 Å². The van der Waals surface area contributed by atoms with E-state index >= 15 is 0 Å². The van der Waals surface area contributed by atoms with Gasteiger partial charge in [-0.25, -0.2) is 0 Å². The molecule has 0 spiro atoms. The van der Waals surface area contributed by atoms with Gasteiger partial charge in [-0.05, 0) is 40.2 Å². The van der Waals surface area contributed by atoms with Crippen LogP contribution in [0, 0.1) is 0 Å². The second-order valence-corrected chi connectivity index (χ2v) is 4.56. The summed E-state index contributed by atoms with van der Waals surface area (Å²) in [6.45, 7) is 1.27. The molecule has 0 saturated heterocycles. The average Bonchev–Trinajstić information content (AvgIpc) is 2.20. The number of hydrogen-bond donors (Lipinski definition) is 1. The van der Waals surface area contributed by atoms with Crippen molar-refractivity contribution in [2.45, 2.75) is 19.6 Å². The first kappa shape index (κ1) is 14.3. The molecule has 0 aromatic heterocycles. The van der Waals surface area contributed by atoms with Gasteiger partial charge in [0.05, 0.1) is 11.0 Å². The van der Waals surface area contributed by atoms with Crippen molar-refractivity contribution in [2.24, 2.45) is 0 Å². The molecule has 2 nitrogen and oxygen atoms in total. The van der Waals surface area contributed by atoms with E-state index in [1.165, 1.54) is 11.0 Å². The van der Waals surface area contributed by atoms with E-state index in [1.54, 1.807) is 19.1 Å². The van der Waals surface area contributed by atoms with Crippen LogP contribution in [-0.4, -0.2) is 29.3 Å². The van der Waals surface area contributed by atoms with Crippen molar-refractivity contribution in [3.8, 4) is 5.75 Å². The highest BCUT2D eigenvalue weighted by molar-refractivity contribution is 9.10. The van der Waals surface area contributed by atoms with E-state index in [1.807, 2.05) is 0 Å². The number of nitrogens with zero attached hydrogens (tertiary/aromatic N) is 1. The number of phenolic OH excluding ortho intramolecular Hbond substituents is 1. The molecule has 0 bridgehead atoms. The molecule has 0 amide bonds. The normalized spacial score (nSPS) is 12.1. The summed E-state index contributed by atoms with van der Waals surface area (Å²) in [5, 5.41) is 9.28. The molecule has 96 valence electrons. The van der Waals surface area contributed by atoms with Crippen molar-refractivity contribution in [3.05, 3.63) is 28.2 Å². The lowest BCUT2D eigenvalue weighted by Crippen LogP contribution is -2.33. The molecule has 1 aromatic carbocycles. The lowest BCUT2D eigenvalue weighted by Gasteiger charge is -2.22. The zero-order valence-electron chi connectivity index (χ0n) is 9.26. The van der Waals surface area contributed by atoms with Crippen molar-refractivity contribution < 1.29 is 18.3 Å². The Morgan fingerprint density at radius 1 is 1.35 bits per heavy atom. The summed E-state index contributed by atoms with van der Waals surface area (Å²) in [5.41, 5.74) is 0.723. The Labute approximate surface area is 106 Å². The van der Waals surface area contributed by atoms with Crippen LogP contribution in [-0.2, 0) is 6.54 Å². The standard InChI is InChI=1S/C11H13BrF3NO/c1-2-16(7-11(13,14)15)6-8-3-4-10(17)9(12)5-8/h3-5,17H,2,6-7H2,1H3. The molecule has 17 heavy (non-hydrogen) atoms. The molecule has 0 saturated carbocycles. The molecule has 0 aliphatic heterocycles. The Kier molecular flexibility index (Phi) is 4.82. The monoisotopic (exact) mass is 311 g/mol. The summed E-state index contributed by atoms with van der Waals surface area (Å²) in [6.07, 6.45) is -4.19. The fourth-order valence-corrected chi connectivity index (χ4v) is 1.87. The van der Waals surface area contributed by atoms with E-state index in [0.717, 1.165) is 5.56 Å². The van der Waals surface area contributed by atoms with Gasteiger partial charge in [-0.15, -0.1) is 0 Å². The number of halogens is 4. The number of rotatable bonds is 4. The topological polar surface area (TPSA) is 23.5 Å². The molecule has 0 atom stereocenters. The van der Waals surface area contributed by atoms with Gasteiger partial charge in [0.2, 0.25) is 0 Å². The highest BCUT2D eigenvalue weighted by atomic mass is 79.9. The summed E-state index contributed by atoms with van der Waals surface area (Å²) in [7, 11) is 0. The minimum atomic E-state index is -4.19. The van der Waals surface area contributed by atoms with Crippen LogP contribution in [0.3, 0.4) is 0 Å². The summed E-state index contributed by atoms with van der Waals surface area (Å²) in [6, 6.07) is 4.69. The number of benzene rings is 1. The second kappa shape index (κ2) is 5.73. The third kappa shape index (κ3) is 4.95. The van der Waals surface area contributed by atoms with Crippen LogP contribution in [0.25, 0.3) is 0 Å². The molecule has 1 aromatic rings. The van der Waals surface area contributed by atoms with Crippen molar-refractivity contribution >= 4 is 15.9 Å². The van der Waals surface area contributed by atoms with Gasteiger partial charge in [0, 0.05) is 6.54 Å². The number of phenols is 1. The number of alkyl halides is 3. The zero-order chi connectivity index (χ0) is 13.1. The predicted molar refractivity (Wildman–Crippen MR) is 62.8 cm³/mol. The first-order chi connectivity index (χ1) is 7.81. The largest absolute Gasteiger partial charge is 0.507 e. The fourth-order valence-electron chi connectivity index (χ4n) is 1.44. The SMILES string of the molecule is CCN(Cc1ccc(O)c(Br)c1)CC(F)(F)F. The highest BCUT2D eigenvalue weighted by Crippen LogP contribution is 2.25. The summed E-state index contributed by atoms with van der Waals surface area (Å²) < 4.78 is 37.2. The van der Waals surface area contributed by atoms with E-state index < -0.39 is 12.7 Å². The van der Waals surface area contributed by atoms with Crippen molar-refractivity contribution in [2.75, 3.05) is 13.1 Å². The second-order valence-electron chi connectivity index (χ2n) is 3.70. The number of aromatic hydroxyl groups is 1.